The fourth-order valence-electron chi connectivity index (χ4n) is 13.7. The van der Waals surface area contributed by atoms with Gasteiger partial charge in [-0.3, -0.25) is 14.5 Å². The fourth-order valence-corrected chi connectivity index (χ4v) is 68.8. The van der Waals surface area contributed by atoms with Crippen LogP contribution in [0.5, 0.6) is 11.5 Å². The van der Waals surface area contributed by atoms with Crippen molar-refractivity contribution in [2.45, 2.75) is 169 Å². The van der Waals surface area contributed by atoms with Gasteiger partial charge in [-0.2, -0.15) is 0 Å². The van der Waals surface area contributed by atoms with Gasteiger partial charge < -0.3 is 69.7 Å². The third-order valence-electron chi connectivity index (χ3n) is 16.5. The maximum Gasteiger partial charge on any atom is 0.488 e. The number of fused-ring (bicyclic) bond motifs is 6. The van der Waals surface area contributed by atoms with Crippen molar-refractivity contribution in [3.63, 3.8) is 0 Å². The molecule has 5 heterocycles. The number of hydrogen-bond acceptors (Lipinski definition) is 19. The van der Waals surface area contributed by atoms with Gasteiger partial charge in [0.25, 0.3) is 0 Å². The van der Waals surface area contributed by atoms with E-state index in [4.69, 9.17) is 59.5 Å². The Hall–Kier alpha value is -3.04. The number of ketones is 2. The van der Waals surface area contributed by atoms with Gasteiger partial charge in [-0.15, -0.1) is 0 Å². The second kappa shape index (κ2) is 28.2. The SMILES string of the molecule is CC(C)C[Si]12OC34O[Si]5(CC(C)C)O[Si]6(CC(C)C)O[Si](CC(C)C)(O1)O[Si](CC(C)C)(O5)O[Si]3(CC(C)C)O[Si]4(CC(C)C)O[Si](CCCN(CC(O)COc1ccc(C(=O)c3ccccc3)cc1)CC(O)COc1ccc(C(=O)c3ccccc3)cc1)(O2)O6. The highest BCUT2D eigenvalue weighted by Gasteiger charge is 2.96. The number of carbonyl (C=O) groups is 2. The van der Waals surface area contributed by atoms with Crippen LogP contribution in [-0.2, 0) is 50.0 Å². The Morgan fingerprint density at radius 1 is 0.396 bits per heavy atom. The van der Waals surface area contributed by atoms with E-state index in [0.29, 0.717) is 89.0 Å². The molecule has 4 aromatic carbocycles. The van der Waals surface area contributed by atoms with Gasteiger partial charge in [-0.1, -0.05) is 158 Å². The van der Waals surface area contributed by atoms with Crippen LogP contribution in [0, 0.1) is 41.4 Å². The van der Waals surface area contributed by atoms with Gasteiger partial charge in [0, 0.05) is 71.6 Å². The molecule has 5 saturated heterocycles. The van der Waals surface area contributed by atoms with Crippen molar-refractivity contribution in [2.24, 2.45) is 41.4 Å². The summed E-state index contributed by atoms with van der Waals surface area (Å²) in [6.45, 7) is 30.6. The quantitative estimate of drug-likeness (QED) is 0.0344. The lowest BCUT2D eigenvalue weighted by atomic mass is 10.0. The van der Waals surface area contributed by atoms with Crippen molar-refractivity contribution in [2.75, 3.05) is 32.8 Å². The summed E-state index contributed by atoms with van der Waals surface area (Å²) in [7, 11) is -33.1. The van der Waals surface area contributed by atoms with E-state index >= 15 is 0 Å². The maximum absolute atomic E-state index is 13.2. The Labute approximate surface area is 548 Å². The molecule has 0 saturated carbocycles. The molecule has 0 radical (unpaired) electrons. The van der Waals surface area contributed by atoms with Crippen molar-refractivity contribution < 1.29 is 79.3 Å². The topological polar surface area (TPSA) is 207 Å². The minimum atomic E-state index is -4.34. The van der Waals surface area contributed by atoms with E-state index in [9.17, 15) is 19.8 Å². The van der Waals surface area contributed by atoms with Crippen molar-refractivity contribution in [3.8, 4) is 11.5 Å². The van der Waals surface area contributed by atoms with E-state index in [1.165, 1.54) is 0 Å². The van der Waals surface area contributed by atoms with Gasteiger partial charge in [0.1, 0.15) is 36.9 Å². The summed E-state index contributed by atoms with van der Waals surface area (Å²) in [6.07, 6.45) is -1.70. The van der Waals surface area contributed by atoms with Crippen LogP contribution in [0.25, 0.3) is 0 Å². The molecule has 19 nitrogen and oxygen atoms in total. The number of carbonyl (C=O) groups excluding carboxylic acids is 2. The number of aliphatic hydroxyl groups is 2. The van der Waals surface area contributed by atoms with E-state index in [1.54, 1.807) is 72.8 Å². The van der Waals surface area contributed by atoms with E-state index in [0.717, 1.165) is 0 Å². The van der Waals surface area contributed by atoms with Gasteiger partial charge in [-0.25, -0.2) is 0 Å². The Morgan fingerprint density at radius 2 is 0.703 bits per heavy atom. The highest BCUT2D eigenvalue weighted by Crippen LogP contribution is 2.66. The first-order chi connectivity index (χ1) is 43.0. The predicted molar refractivity (Wildman–Crippen MR) is 361 cm³/mol. The molecule has 91 heavy (non-hydrogen) atoms. The predicted octanol–water partition coefficient (Wildman–Crippen LogP) is 12.2. The summed E-state index contributed by atoms with van der Waals surface area (Å²) < 4.78 is 109. The lowest BCUT2D eigenvalue weighted by molar-refractivity contribution is -0.123. The third kappa shape index (κ3) is 15.9. The van der Waals surface area contributed by atoms with Crippen LogP contribution in [0.2, 0.25) is 48.4 Å². The van der Waals surface area contributed by atoms with Crippen molar-refractivity contribution in [1.29, 1.82) is 0 Å². The summed E-state index contributed by atoms with van der Waals surface area (Å²) >= 11 is 0. The molecule has 0 amide bonds. The monoisotopic (exact) mass is 1390 g/mol. The molecule has 1 spiro atoms. The van der Waals surface area contributed by atoms with Crippen molar-refractivity contribution >= 4 is 81.5 Å². The van der Waals surface area contributed by atoms with Gasteiger partial charge in [0.05, 0.1) is 0 Å². The minimum Gasteiger partial charge on any atom is -0.491 e. The van der Waals surface area contributed by atoms with E-state index in [2.05, 4.69) is 96.9 Å². The van der Waals surface area contributed by atoms with E-state index < -0.39 is 87.2 Å². The number of rotatable bonds is 32. The first-order valence-corrected chi connectivity index (χ1v) is 48.8. The average Bonchev–Trinajstić information content (AvgIpc) is 1.53. The van der Waals surface area contributed by atoms with Crippen LogP contribution in [-0.4, -0.2) is 147 Å². The van der Waals surface area contributed by atoms with Gasteiger partial charge in [-0.05, 0) is 115 Å². The van der Waals surface area contributed by atoms with Crippen LogP contribution in [0.4, 0.5) is 0 Å². The van der Waals surface area contributed by atoms with Crippen molar-refractivity contribution in [3.05, 3.63) is 131 Å². The van der Waals surface area contributed by atoms with Crippen molar-refractivity contribution in [1.82, 2.24) is 4.90 Å². The Kier molecular flexibility index (Phi) is 21.9. The number of ether oxygens (including phenoxy) is 2. The first kappa shape index (κ1) is 70.7. The molecular weight excluding hydrogens is 1300 g/mol. The molecule has 27 heteroatoms. The fraction of sp³-hybridized carbons (Fsp3) is 0.594. The van der Waals surface area contributed by atoms with Crippen LogP contribution in [0.15, 0.2) is 109 Å². The molecule has 9 rings (SSSR count). The third-order valence-corrected chi connectivity index (χ3v) is 58.6. The molecule has 2 N–H and O–H groups in total. The molecule has 11 unspecified atom stereocenters. The summed E-state index contributed by atoms with van der Waals surface area (Å²) in [5.41, 5.74) is 2.19. The second-order valence-corrected chi connectivity index (χ2v) is 53.8. The summed E-state index contributed by atoms with van der Waals surface area (Å²) in [4.78, 5) is 28.5. The molecule has 11 atom stereocenters. The number of hydrogen-bond donors (Lipinski definition) is 2. The van der Waals surface area contributed by atoms with Gasteiger partial charge in [0.2, 0.25) is 5.03 Å². The Bertz CT molecular complexity index is 3000. The van der Waals surface area contributed by atoms with Crippen LogP contribution >= 0.6 is 0 Å². The largest absolute Gasteiger partial charge is 0.491 e. The molecular formula is C64H99NO18Si8. The molecule has 0 aliphatic carbocycles. The highest BCUT2D eigenvalue weighted by atomic mass is 28.6. The summed E-state index contributed by atoms with van der Waals surface area (Å²) in [5.74, 6) is 0.927. The van der Waals surface area contributed by atoms with Gasteiger partial charge >= 0.3 is 69.9 Å². The molecule has 0 aromatic heterocycles. The van der Waals surface area contributed by atoms with Crippen LogP contribution in [0.1, 0.15) is 135 Å². The smallest absolute Gasteiger partial charge is 0.488 e. The Morgan fingerprint density at radius 3 is 1.08 bits per heavy atom. The normalized spacial score (nSPS) is 31.5. The zero-order chi connectivity index (χ0) is 65.4. The molecule has 5 fully saturated rings. The van der Waals surface area contributed by atoms with Gasteiger partial charge in [0.15, 0.2) is 11.6 Å². The van der Waals surface area contributed by atoms with Crippen LogP contribution in [0.3, 0.4) is 0 Å². The molecule has 4 aromatic rings. The zero-order valence-corrected chi connectivity index (χ0v) is 63.9. The van der Waals surface area contributed by atoms with E-state index in [1.807, 2.05) is 41.3 Å². The average molecular weight is 1400 g/mol. The second-order valence-electron chi connectivity index (χ2n) is 28.9. The summed E-state index contributed by atoms with van der Waals surface area (Å²) in [5, 5.41) is 22.4. The molecule has 5 aliphatic heterocycles. The minimum absolute atomic E-state index is 0.0117. The maximum atomic E-state index is 13.2. The number of aliphatic hydroxyl groups excluding tert-OH is 2. The van der Waals surface area contributed by atoms with Crippen LogP contribution < -0.4 is 9.47 Å². The lowest BCUT2D eigenvalue weighted by Gasteiger charge is -2.65. The number of nitrogens with zero attached hydrogens (tertiary/aromatic N) is 1. The number of benzene rings is 4. The Balaban J connectivity index is 1.02. The highest BCUT2D eigenvalue weighted by molar-refractivity contribution is 7.11. The summed E-state index contributed by atoms with van der Waals surface area (Å²) in [6, 6.07) is 35.1. The standard InChI is InChI=1S/C64H99NO18Si8/c1-47(2)40-84-64-72-87(42-49(5)6)77-86(75-84,78-90(45-52(11)12)81-88(73-64,43-50(7)8)79-89(44-51(9)10,76-85(64,74-84)41-48(3)4)82-91(80-87,83-90)46-53(13)14)35-21-34-65(36-58(66)38-70-60-30-26-56(27-31-60)62(68)54-22-17-15-18-23-54)37-59(67)39-71-61-32-28-57(29-33-61)63(69)55-24-19-16-20-25-55/h15-20,22-33,47-53,58-59,66-67H,21,34-46H2,1-14H3. The molecule has 5 aliphatic rings. The lowest BCUT2D eigenvalue weighted by Crippen LogP contribution is -2.94. The van der Waals surface area contributed by atoms with E-state index in [-0.39, 0.29) is 85.3 Å². The molecule has 500 valence electrons. The first-order valence-electron chi connectivity index (χ1n) is 33.1. The molecule has 6 bridgehead atoms. The zero-order valence-electron chi connectivity index (χ0n) is 55.9.